The molecule has 0 saturated carbocycles. The van der Waals surface area contributed by atoms with Crippen molar-refractivity contribution in [3.8, 4) is 0 Å². The van der Waals surface area contributed by atoms with E-state index in [-0.39, 0.29) is 0 Å². The van der Waals surface area contributed by atoms with Gasteiger partial charge in [-0.05, 0) is 30.8 Å². The Bertz CT molecular complexity index is 510. The summed E-state index contributed by atoms with van der Waals surface area (Å²) in [6.07, 6.45) is 0.914. The van der Waals surface area contributed by atoms with Crippen molar-refractivity contribution in [3.63, 3.8) is 0 Å². The summed E-state index contributed by atoms with van der Waals surface area (Å²) in [6, 6.07) is 4.00. The third kappa shape index (κ3) is 1.48. The summed E-state index contributed by atoms with van der Waals surface area (Å²) < 4.78 is 1.20. The predicted molar refractivity (Wildman–Crippen MR) is 63.7 cm³/mol. The lowest BCUT2D eigenvalue weighted by atomic mass is 10.1. The second kappa shape index (κ2) is 3.96. The van der Waals surface area contributed by atoms with E-state index < -0.39 is 0 Å². The molecule has 0 atom stereocenters. The summed E-state index contributed by atoms with van der Waals surface area (Å²) in [5.41, 5.74) is 4.94. The first-order valence-corrected chi connectivity index (χ1v) is 5.58. The van der Waals surface area contributed by atoms with Crippen LogP contribution in [0.4, 0.5) is 5.69 Å². The Kier molecular flexibility index (Phi) is 2.68. The summed E-state index contributed by atoms with van der Waals surface area (Å²) in [5.74, 6) is 0. The molecular weight excluding hydrogens is 212 g/mol. The fourth-order valence-electron chi connectivity index (χ4n) is 1.48. The lowest BCUT2D eigenvalue weighted by Gasteiger charge is -2.01. The number of rotatable bonds is 2. The molecule has 0 saturated heterocycles. The van der Waals surface area contributed by atoms with Crippen LogP contribution in [0.3, 0.4) is 0 Å². The molecule has 1 aromatic carbocycles. The molecule has 0 bridgehead atoms. The standard InChI is InChI=1S/C10H8N2S2/c1-2-7-8(11-5-13)3-4-9-10(7)12-6-14-9/h3-4,6H,2H2,1H3. The highest BCUT2D eigenvalue weighted by Crippen LogP contribution is 2.29. The Balaban J connectivity index is 2.78. The molecule has 4 heteroatoms. The predicted octanol–water partition coefficient (Wildman–Crippen LogP) is 3.59. The molecule has 0 amide bonds. The molecule has 0 aliphatic heterocycles. The first-order valence-electron chi connectivity index (χ1n) is 4.29. The molecule has 0 N–H and O–H groups in total. The van der Waals surface area contributed by atoms with Crippen LogP contribution in [-0.2, 0) is 6.42 Å². The highest BCUT2D eigenvalue weighted by molar-refractivity contribution is 7.78. The maximum Gasteiger partial charge on any atom is 0.0865 e. The minimum Gasteiger partial charge on any atom is -0.244 e. The number of aryl methyl sites for hydroxylation is 1. The van der Waals surface area contributed by atoms with Crippen molar-refractivity contribution in [2.24, 2.45) is 4.99 Å². The average molecular weight is 220 g/mol. The molecule has 70 valence electrons. The van der Waals surface area contributed by atoms with Crippen molar-refractivity contribution in [2.45, 2.75) is 13.3 Å². The topological polar surface area (TPSA) is 25.2 Å². The number of hydrogen-bond donors (Lipinski definition) is 0. The Morgan fingerprint density at radius 3 is 3.14 bits per heavy atom. The number of benzene rings is 1. The summed E-state index contributed by atoms with van der Waals surface area (Å²) in [6.45, 7) is 2.09. The highest BCUT2D eigenvalue weighted by atomic mass is 32.1. The lowest BCUT2D eigenvalue weighted by Crippen LogP contribution is -1.83. The molecule has 0 radical (unpaired) electrons. The van der Waals surface area contributed by atoms with Gasteiger partial charge >= 0.3 is 0 Å². The van der Waals surface area contributed by atoms with Crippen LogP contribution in [0.5, 0.6) is 0 Å². The van der Waals surface area contributed by atoms with Crippen LogP contribution in [0.1, 0.15) is 12.5 Å². The molecule has 2 aromatic rings. The number of aromatic nitrogens is 1. The number of hydrogen-bond acceptors (Lipinski definition) is 4. The van der Waals surface area contributed by atoms with Crippen LogP contribution >= 0.6 is 23.6 Å². The number of thiazole rings is 1. The maximum atomic E-state index is 4.61. The zero-order valence-electron chi connectivity index (χ0n) is 7.65. The fraction of sp³-hybridized carbons (Fsp3) is 0.200. The molecule has 0 aliphatic carbocycles. The van der Waals surface area contributed by atoms with Crippen molar-refractivity contribution >= 4 is 44.6 Å². The summed E-state index contributed by atoms with van der Waals surface area (Å²) >= 11 is 6.25. The summed E-state index contributed by atoms with van der Waals surface area (Å²) in [7, 11) is 0. The monoisotopic (exact) mass is 220 g/mol. The van der Waals surface area contributed by atoms with Gasteiger partial charge in [0.1, 0.15) is 0 Å². The minimum atomic E-state index is 0.890. The van der Waals surface area contributed by atoms with Gasteiger partial charge in [-0.25, -0.2) is 4.98 Å². The smallest absolute Gasteiger partial charge is 0.0865 e. The number of isothiocyanates is 1. The fourth-order valence-corrected chi connectivity index (χ4v) is 2.28. The highest BCUT2D eigenvalue weighted by Gasteiger charge is 2.06. The minimum absolute atomic E-state index is 0.890. The second-order valence-corrected chi connectivity index (χ2v) is 3.89. The van der Waals surface area contributed by atoms with Gasteiger partial charge in [-0.1, -0.05) is 6.92 Å². The van der Waals surface area contributed by atoms with E-state index in [9.17, 15) is 0 Å². The zero-order valence-corrected chi connectivity index (χ0v) is 9.28. The van der Waals surface area contributed by atoms with Crippen LogP contribution in [0.25, 0.3) is 10.2 Å². The van der Waals surface area contributed by atoms with Crippen molar-refractivity contribution in [3.05, 3.63) is 23.2 Å². The number of nitrogens with zero attached hydrogens (tertiary/aromatic N) is 2. The second-order valence-electron chi connectivity index (χ2n) is 2.82. The Labute approximate surface area is 91.3 Å². The number of aliphatic imine (C=N–C) groups is 1. The van der Waals surface area contributed by atoms with Crippen LogP contribution in [0, 0.1) is 0 Å². The van der Waals surface area contributed by atoms with Gasteiger partial charge in [-0.15, -0.1) is 11.3 Å². The Morgan fingerprint density at radius 1 is 1.57 bits per heavy atom. The van der Waals surface area contributed by atoms with Crippen molar-refractivity contribution in [2.75, 3.05) is 0 Å². The third-order valence-corrected chi connectivity index (χ3v) is 2.99. The van der Waals surface area contributed by atoms with E-state index in [1.807, 2.05) is 17.6 Å². The first kappa shape index (κ1) is 9.46. The van der Waals surface area contributed by atoms with E-state index in [0.717, 1.165) is 23.2 Å². The SMILES string of the molecule is CCc1c(N=C=S)ccc2scnc12. The molecular formula is C10H8N2S2. The van der Waals surface area contributed by atoms with E-state index >= 15 is 0 Å². The van der Waals surface area contributed by atoms with Crippen molar-refractivity contribution in [1.82, 2.24) is 4.98 Å². The van der Waals surface area contributed by atoms with E-state index in [0.29, 0.717) is 0 Å². The molecule has 0 fully saturated rings. The van der Waals surface area contributed by atoms with Crippen LogP contribution in [-0.4, -0.2) is 10.1 Å². The number of thiocarbonyl (C=S) groups is 1. The molecule has 14 heavy (non-hydrogen) atoms. The van der Waals surface area contributed by atoms with E-state index in [1.54, 1.807) is 11.3 Å². The Morgan fingerprint density at radius 2 is 2.43 bits per heavy atom. The van der Waals surface area contributed by atoms with Crippen molar-refractivity contribution < 1.29 is 0 Å². The van der Waals surface area contributed by atoms with E-state index in [1.165, 1.54) is 4.70 Å². The van der Waals surface area contributed by atoms with Crippen LogP contribution < -0.4 is 0 Å². The first-order chi connectivity index (χ1) is 6.86. The van der Waals surface area contributed by atoms with Crippen LogP contribution in [0.15, 0.2) is 22.6 Å². The quantitative estimate of drug-likeness (QED) is 0.571. The largest absolute Gasteiger partial charge is 0.244 e. The summed E-state index contributed by atoms with van der Waals surface area (Å²) in [4.78, 5) is 8.37. The molecule has 2 nitrogen and oxygen atoms in total. The molecule has 0 aliphatic rings. The lowest BCUT2D eigenvalue weighted by molar-refractivity contribution is 1.14. The van der Waals surface area contributed by atoms with Gasteiger partial charge in [0.15, 0.2) is 0 Å². The van der Waals surface area contributed by atoms with Crippen molar-refractivity contribution in [1.29, 1.82) is 0 Å². The van der Waals surface area contributed by atoms with E-state index in [2.05, 4.69) is 34.3 Å². The molecule has 2 rings (SSSR count). The molecule has 1 aromatic heterocycles. The Hall–Kier alpha value is -1.09. The van der Waals surface area contributed by atoms with Gasteiger partial charge < -0.3 is 0 Å². The van der Waals surface area contributed by atoms with Gasteiger partial charge in [0.25, 0.3) is 0 Å². The zero-order chi connectivity index (χ0) is 9.97. The maximum absolute atomic E-state index is 4.61. The number of fused-ring (bicyclic) bond motifs is 1. The van der Waals surface area contributed by atoms with Gasteiger partial charge in [-0.3, -0.25) is 0 Å². The summed E-state index contributed by atoms with van der Waals surface area (Å²) in [5, 5.41) is 2.40. The van der Waals surface area contributed by atoms with Gasteiger partial charge in [-0.2, -0.15) is 4.99 Å². The molecule has 0 spiro atoms. The van der Waals surface area contributed by atoms with Crippen LogP contribution in [0.2, 0.25) is 0 Å². The van der Waals surface area contributed by atoms with Gasteiger partial charge in [0.2, 0.25) is 0 Å². The average Bonchev–Trinajstić information content (AvgIpc) is 2.66. The third-order valence-electron chi connectivity index (χ3n) is 2.10. The molecule has 1 heterocycles. The van der Waals surface area contributed by atoms with Gasteiger partial charge in [0, 0.05) is 5.56 Å². The van der Waals surface area contributed by atoms with Gasteiger partial charge in [0.05, 0.1) is 26.6 Å². The van der Waals surface area contributed by atoms with E-state index in [4.69, 9.17) is 0 Å². The normalized spacial score (nSPS) is 10.1. The molecule has 0 unspecified atom stereocenters.